The first kappa shape index (κ1) is 16.6. The molecule has 1 saturated heterocycles. The molecule has 0 radical (unpaired) electrons. The van der Waals surface area contributed by atoms with Crippen LogP contribution in [0.15, 0.2) is 54.3 Å². The van der Waals surface area contributed by atoms with Gasteiger partial charge in [0.1, 0.15) is 5.75 Å². The molecular weight excluding hydrogens is 338 g/mol. The SMILES string of the molecule is NCc1ccc2c(c1)C1(CCN(C(=O)C3=CNC4C=CC=CC34)CC1)CO2. The lowest BCUT2D eigenvalue weighted by Crippen LogP contribution is -2.47. The van der Waals surface area contributed by atoms with Crippen molar-refractivity contribution >= 4 is 5.91 Å². The third-order valence-corrected chi connectivity index (χ3v) is 6.54. The minimum Gasteiger partial charge on any atom is -0.492 e. The molecule has 5 heteroatoms. The lowest BCUT2D eigenvalue weighted by molar-refractivity contribution is -0.129. The van der Waals surface area contributed by atoms with Crippen molar-refractivity contribution in [3.05, 3.63) is 65.4 Å². The average molecular weight is 363 g/mol. The van der Waals surface area contributed by atoms with Crippen LogP contribution in [0.2, 0.25) is 0 Å². The largest absolute Gasteiger partial charge is 0.492 e. The molecule has 1 aromatic carbocycles. The van der Waals surface area contributed by atoms with E-state index in [4.69, 9.17) is 10.5 Å². The molecule has 0 aromatic heterocycles. The van der Waals surface area contributed by atoms with E-state index in [0.29, 0.717) is 13.2 Å². The summed E-state index contributed by atoms with van der Waals surface area (Å²) in [6, 6.07) is 6.50. The Kier molecular flexibility index (Phi) is 3.86. The number of carbonyl (C=O) groups is 1. The second-order valence-electron chi connectivity index (χ2n) is 7.98. The van der Waals surface area contributed by atoms with E-state index in [1.807, 2.05) is 35.4 Å². The van der Waals surface area contributed by atoms with Gasteiger partial charge >= 0.3 is 0 Å². The Labute approximate surface area is 159 Å². The van der Waals surface area contributed by atoms with Crippen LogP contribution in [0.25, 0.3) is 0 Å². The molecule has 1 aromatic rings. The number of carbonyl (C=O) groups excluding carboxylic acids is 1. The second kappa shape index (κ2) is 6.27. The maximum Gasteiger partial charge on any atom is 0.251 e. The molecule has 0 bridgehead atoms. The second-order valence-corrected chi connectivity index (χ2v) is 7.98. The summed E-state index contributed by atoms with van der Waals surface area (Å²) in [5.74, 6) is 1.30. The third kappa shape index (κ3) is 2.60. The van der Waals surface area contributed by atoms with Gasteiger partial charge < -0.3 is 20.7 Å². The summed E-state index contributed by atoms with van der Waals surface area (Å²) in [5.41, 5.74) is 9.15. The number of allylic oxidation sites excluding steroid dienone is 2. The molecule has 140 valence electrons. The molecule has 3 N–H and O–H groups in total. The lowest BCUT2D eigenvalue weighted by atomic mass is 9.74. The maximum atomic E-state index is 13.1. The summed E-state index contributed by atoms with van der Waals surface area (Å²) in [5, 5.41) is 3.32. The molecule has 1 spiro atoms. The molecule has 1 amide bonds. The van der Waals surface area contributed by atoms with Gasteiger partial charge in [-0.2, -0.15) is 0 Å². The van der Waals surface area contributed by atoms with Crippen molar-refractivity contribution in [3.8, 4) is 5.75 Å². The zero-order valence-electron chi connectivity index (χ0n) is 15.4. The number of nitrogens with two attached hydrogens (primary N) is 1. The minimum atomic E-state index is 0.0234. The quantitative estimate of drug-likeness (QED) is 0.843. The molecule has 5 rings (SSSR count). The zero-order valence-corrected chi connectivity index (χ0v) is 15.4. The fourth-order valence-corrected chi connectivity index (χ4v) is 4.82. The number of fused-ring (bicyclic) bond motifs is 3. The van der Waals surface area contributed by atoms with Gasteiger partial charge in [-0.05, 0) is 24.5 Å². The number of nitrogens with one attached hydrogen (secondary N) is 1. The highest BCUT2D eigenvalue weighted by atomic mass is 16.5. The standard InChI is InChI=1S/C22H25N3O2/c23-12-15-5-6-20-18(11-15)22(14-27-20)7-9-25(10-8-22)21(26)17-13-24-19-4-2-1-3-16(17)19/h1-6,11,13,16,19,24H,7-10,12,14,23H2. The normalized spacial score (nSPS) is 27.0. The number of ether oxygens (including phenoxy) is 1. The number of hydrogen-bond donors (Lipinski definition) is 2. The zero-order chi connectivity index (χ0) is 18.4. The molecule has 27 heavy (non-hydrogen) atoms. The summed E-state index contributed by atoms with van der Waals surface area (Å²) >= 11 is 0. The summed E-state index contributed by atoms with van der Waals surface area (Å²) in [4.78, 5) is 15.1. The molecule has 0 saturated carbocycles. The fourth-order valence-electron chi connectivity index (χ4n) is 4.82. The monoisotopic (exact) mass is 363 g/mol. The Hall–Kier alpha value is -2.53. The fraction of sp³-hybridized carbons (Fsp3) is 0.409. The molecule has 1 fully saturated rings. The van der Waals surface area contributed by atoms with Crippen molar-refractivity contribution in [3.63, 3.8) is 0 Å². The Morgan fingerprint density at radius 1 is 1.26 bits per heavy atom. The van der Waals surface area contributed by atoms with Crippen LogP contribution in [-0.4, -0.2) is 36.5 Å². The number of likely N-dealkylation sites (tertiary alicyclic amines) is 1. The summed E-state index contributed by atoms with van der Waals surface area (Å²) in [7, 11) is 0. The molecule has 1 aliphatic carbocycles. The van der Waals surface area contributed by atoms with Gasteiger partial charge in [-0.15, -0.1) is 0 Å². The van der Waals surface area contributed by atoms with E-state index in [1.165, 1.54) is 5.56 Å². The first-order chi connectivity index (χ1) is 13.2. The number of nitrogens with zero attached hydrogens (tertiary/aromatic N) is 1. The van der Waals surface area contributed by atoms with Crippen LogP contribution in [-0.2, 0) is 16.8 Å². The minimum absolute atomic E-state index is 0.0234. The van der Waals surface area contributed by atoms with Crippen molar-refractivity contribution in [2.24, 2.45) is 11.7 Å². The molecule has 4 aliphatic rings. The Morgan fingerprint density at radius 3 is 2.89 bits per heavy atom. The number of amides is 1. The molecule has 3 heterocycles. The number of hydrogen-bond acceptors (Lipinski definition) is 4. The van der Waals surface area contributed by atoms with E-state index in [-0.39, 0.29) is 23.3 Å². The van der Waals surface area contributed by atoms with Crippen molar-refractivity contribution in [2.45, 2.75) is 30.8 Å². The third-order valence-electron chi connectivity index (χ3n) is 6.54. The molecule has 3 aliphatic heterocycles. The lowest BCUT2D eigenvalue weighted by Gasteiger charge is -2.39. The Bertz CT molecular complexity index is 862. The highest BCUT2D eigenvalue weighted by Gasteiger charge is 2.45. The van der Waals surface area contributed by atoms with Crippen LogP contribution >= 0.6 is 0 Å². The van der Waals surface area contributed by atoms with Gasteiger partial charge in [0.2, 0.25) is 0 Å². The Balaban J connectivity index is 1.31. The van der Waals surface area contributed by atoms with E-state index in [0.717, 1.165) is 42.8 Å². The van der Waals surface area contributed by atoms with E-state index in [1.54, 1.807) is 0 Å². The van der Waals surface area contributed by atoms with Gasteiger partial charge in [0.05, 0.1) is 12.6 Å². The predicted octanol–water partition coefficient (Wildman–Crippen LogP) is 2.00. The molecular formula is C22H25N3O2. The van der Waals surface area contributed by atoms with Gasteiger partial charge in [-0.1, -0.05) is 36.4 Å². The topological polar surface area (TPSA) is 67.6 Å². The number of benzene rings is 1. The average Bonchev–Trinajstić information content (AvgIpc) is 3.30. The van der Waals surface area contributed by atoms with Gasteiger partial charge in [0, 0.05) is 48.3 Å². The summed E-state index contributed by atoms with van der Waals surface area (Å²) in [6.45, 7) is 2.78. The van der Waals surface area contributed by atoms with E-state index in [9.17, 15) is 4.79 Å². The maximum absolute atomic E-state index is 13.1. The molecule has 5 nitrogen and oxygen atoms in total. The van der Waals surface area contributed by atoms with Crippen LogP contribution in [0.1, 0.15) is 24.0 Å². The number of piperidine rings is 1. The van der Waals surface area contributed by atoms with Crippen molar-refractivity contribution < 1.29 is 9.53 Å². The first-order valence-electron chi connectivity index (χ1n) is 9.77. The molecule has 2 atom stereocenters. The molecule has 2 unspecified atom stereocenters. The predicted molar refractivity (Wildman–Crippen MR) is 104 cm³/mol. The van der Waals surface area contributed by atoms with Gasteiger partial charge in [-0.3, -0.25) is 4.79 Å². The van der Waals surface area contributed by atoms with E-state index >= 15 is 0 Å². The van der Waals surface area contributed by atoms with Gasteiger partial charge in [0.15, 0.2) is 0 Å². The first-order valence-corrected chi connectivity index (χ1v) is 9.77. The van der Waals surface area contributed by atoms with E-state index in [2.05, 4.69) is 23.5 Å². The Morgan fingerprint density at radius 2 is 2.07 bits per heavy atom. The van der Waals surface area contributed by atoms with Crippen molar-refractivity contribution in [1.82, 2.24) is 10.2 Å². The van der Waals surface area contributed by atoms with Crippen LogP contribution in [0.3, 0.4) is 0 Å². The summed E-state index contributed by atoms with van der Waals surface area (Å²) < 4.78 is 5.98. The highest BCUT2D eigenvalue weighted by molar-refractivity contribution is 5.95. The highest BCUT2D eigenvalue weighted by Crippen LogP contribution is 2.46. The summed E-state index contributed by atoms with van der Waals surface area (Å²) in [6.07, 6.45) is 12.1. The van der Waals surface area contributed by atoms with Crippen LogP contribution < -0.4 is 15.8 Å². The smallest absolute Gasteiger partial charge is 0.251 e. The van der Waals surface area contributed by atoms with Gasteiger partial charge in [-0.25, -0.2) is 0 Å². The van der Waals surface area contributed by atoms with Crippen LogP contribution in [0, 0.1) is 5.92 Å². The van der Waals surface area contributed by atoms with Crippen molar-refractivity contribution in [2.75, 3.05) is 19.7 Å². The van der Waals surface area contributed by atoms with Gasteiger partial charge in [0.25, 0.3) is 5.91 Å². The van der Waals surface area contributed by atoms with E-state index < -0.39 is 0 Å². The van der Waals surface area contributed by atoms with Crippen molar-refractivity contribution in [1.29, 1.82) is 0 Å². The van der Waals surface area contributed by atoms with Crippen LogP contribution in [0.4, 0.5) is 0 Å². The van der Waals surface area contributed by atoms with Crippen LogP contribution in [0.5, 0.6) is 5.75 Å². The number of rotatable bonds is 2.